The van der Waals surface area contributed by atoms with Gasteiger partial charge in [0.15, 0.2) is 5.65 Å². The minimum Gasteiger partial charge on any atom is -0.444 e. The third-order valence-corrected chi connectivity index (χ3v) is 4.56. The molecule has 33 heavy (non-hydrogen) atoms. The summed E-state index contributed by atoms with van der Waals surface area (Å²) in [7, 11) is 0. The second-order valence-corrected chi connectivity index (χ2v) is 9.86. The van der Waals surface area contributed by atoms with E-state index in [0.717, 1.165) is 0 Å². The first-order chi connectivity index (χ1) is 15.3. The van der Waals surface area contributed by atoms with Crippen LogP contribution in [0.5, 0.6) is 0 Å². The van der Waals surface area contributed by atoms with Crippen LogP contribution in [0.15, 0.2) is 17.3 Å². The van der Waals surface area contributed by atoms with Crippen molar-refractivity contribution >= 4 is 52.5 Å². The fraction of sp³-hybridized carbons (Fsp3) is 0.571. The second-order valence-electron chi connectivity index (χ2n) is 9.67. The SMILES string of the molecule is CC(C)(C)OC(=O)Nc1cc(N2CC[C@H](NC(=O)OC(C)(C)C)C2)nc2c(N=C=S)cnn12. The number of fused-ring (bicyclic) bond motifs is 1. The Bertz CT molecular complexity index is 1100. The first-order valence-electron chi connectivity index (χ1n) is 10.6. The van der Waals surface area contributed by atoms with Crippen molar-refractivity contribution in [3.05, 3.63) is 12.3 Å². The number of anilines is 2. The summed E-state index contributed by atoms with van der Waals surface area (Å²) in [5.41, 5.74) is -0.412. The second kappa shape index (κ2) is 9.32. The quantitative estimate of drug-likeness (QED) is 0.504. The van der Waals surface area contributed by atoms with Gasteiger partial charge in [0.25, 0.3) is 0 Å². The summed E-state index contributed by atoms with van der Waals surface area (Å²) >= 11 is 4.72. The number of isothiocyanates is 1. The fourth-order valence-electron chi connectivity index (χ4n) is 3.29. The zero-order chi connectivity index (χ0) is 24.4. The number of aliphatic imine (C=N–C) groups is 1. The predicted octanol–water partition coefficient (Wildman–Crippen LogP) is 3.91. The number of hydrogen-bond donors (Lipinski definition) is 2. The Morgan fingerprint density at radius 2 is 1.85 bits per heavy atom. The molecule has 0 bridgehead atoms. The molecule has 0 spiro atoms. The van der Waals surface area contributed by atoms with Crippen molar-refractivity contribution in [3.63, 3.8) is 0 Å². The van der Waals surface area contributed by atoms with Crippen molar-refractivity contribution in [1.82, 2.24) is 19.9 Å². The van der Waals surface area contributed by atoms with E-state index in [1.165, 1.54) is 10.7 Å². The number of thiocarbonyl (C=S) groups is 1. The number of rotatable bonds is 4. The van der Waals surface area contributed by atoms with Gasteiger partial charge in [0.2, 0.25) is 0 Å². The highest BCUT2D eigenvalue weighted by molar-refractivity contribution is 7.78. The number of carbonyl (C=O) groups excluding carboxylic acids is 2. The molecule has 178 valence electrons. The van der Waals surface area contributed by atoms with Crippen LogP contribution in [-0.4, -0.2) is 62.3 Å². The molecule has 0 aliphatic carbocycles. The number of nitrogens with one attached hydrogen (secondary N) is 2. The maximum Gasteiger partial charge on any atom is 0.413 e. The van der Waals surface area contributed by atoms with Gasteiger partial charge >= 0.3 is 12.2 Å². The molecule has 0 unspecified atom stereocenters. The van der Waals surface area contributed by atoms with Gasteiger partial charge in [-0.25, -0.2) is 14.6 Å². The molecule has 1 aliphatic rings. The van der Waals surface area contributed by atoms with E-state index in [-0.39, 0.29) is 6.04 Å². The summed E-state index contributed by atoms with van der Waals surface area (Å²) in [6, 6.07) is 1.59. The lowest BCUT2D eigenvalue weighted by atomic mass is 10.2. The maximum atomic E-state index is 12.4. The molecule has 1 fully saturated rings. The van der Waals surface area contributed by atoms with Crippen molar-refractivity contribution in [1.29, 1.82) is 0 Å². The summed E-state index contributed by atoms with van der Waals surface area (Å²) in [5.74, 6) is 0.946. The molecule has 0 saturated carbocycles. The molecule has 12 heteroatoms. The molecule has 0 radical (unpaired) electrons. The van der Waals surface area contributed by atoms with Gasteiger partial charge < -0.3 is 19.7 Å². The molecule has 1 atom stereocenters. The third-order valence-electron chi connectivity index (χ3n) is 4.47. The molecule has 2 amide bonds. The van der Waals surface area contributed by atoms with Crippen LogP contribution in [0.1, 0.15) is 48.0 Å². The zero-order valence-corrected chi connectivity index (χ0v) is 20.4. The van der Waals surface area contributed by atoms with Gasteiger partial charge in [-0.2, -0.15) is 14.6 Å². The van der Waals surface area contributed by atoms with Crippen molar-refractivity contribution in [3.8, 4) is 0 Å². The first-order valence-corrected chi connectivity index (χ1v) is 11.0. The maximum absolute atomic E-state index is 12.4. The summed E-state index contributed by atoms with van der Waals surface area (Å²) in [5, 5.41) is 12.2. The number of amides is 2. The number of nitrogens with zero attached hydrogens (tertiary/aromatic N) is 5. The van der Waals surface area contributed by atoms with E-state index in [0.29, 0.717) is 42.5 Å². The fourth-order valence-corrected chi connectivity index (χ4v) is 3.38. The third kappa shape index (κ3) is 6.62. The molecule has 1 saturated heterocycles. The number of alkyl carbamates (subject to hydrolysis) is 1. The lowest BCUT2D eigenvalue weighted by Crippen LogP contribution is -2.40. The first kappa shape index (κ1) is 24.4. The number of ether oxygens (including phenoxy) is 2. The van der Waals surface area contributed by atoms with Crippen molar-refractivity contribution in [2.75, 3.05) is 23.3 Å². The Hall–Kier alpha value is -3.24. The van der Waals surface area contributed by atoms with E-state index >= 15 is 0 Å². The van der Waals surface area contributed by atoms with Gasteiger partial charge in [-0.1, -0.05) is 0 Å². The minimum atomic E-state index is -0.661. The van der Waals surface area contributed by atoms with Gasteiger partial charge in [0, 0.05) is 19.2 Å². The summed E-state index contributed by atoms with van der Waals surface area (Å²) in [6.07, 6.45) is 1.12. The summed E-state index contributed by atoms with van der Waals surface area (Å²) in [4.78, 5) is 35.2. The van der Waals surface area contributed by atoms with E-state index in [4.69, 9.17) is 21.7 Å². The molecule has 11 nitrogen and oxygen atoms in total. The average Bonchev–Trinajstić information content (AvgIpc) is 3.26. The molecule has 2 N–H and O–H groups in total. The average molecular weight is 476 g/mol. The Kier molecular flexibility index (Phi) is 6.89. The zero-order valence-electron chi connectivity index (χ0n) is 19.6. The van der Waals surface area contributed by atoms with Crippen LogP contribution >= 0.6 is 12.2 Å². The smallest absolute Gasteiger partial charge is 0.413 e. The minimum absolute atomic E-state index is 0.108. The van der Waals surface area contributed by atoms with E-state index in [9.17, 15) is 9.59 Å². The van der Waals surface area contributed by atoms with Gasteiger partial charge in [0.05, 0.1) is 17.4 Å². The number of hydrogen-bond acceptors (Lipinski definition) is 9. The Morgan fingerprint density at radius 1 is 1.18 bits per heavy atom. The van der Waals surface area contributed by atoms with Crippen LogP contribution in [0.4, 0.5) is 26.9 Å². The van der Waals surface area contributed by atoms with Crippen molar-refractivity contribution < 1.29 is 19.1 Å². The van der Waals surface area contributed by atoms with Gasteiger partial charge in [-0.05, 0) is 60.2 Å². The molecule has 0 aromatic carbocycles. The van der Waals surface area contributed by atoms with E-state index in [2.05, 4.69) is 30.9 Å². The monoisotopic (exact) mass is 475 g/mol. The lowest BCUT2D eigenvalue weighted by Gasteiger charge is -2.23. The highest BCUT2D eigenvalue weighted by Gasteiger charge is 2.28. The van der Waals surface area contributed by atoms with Crippen LogP contribution in [0.25, 0.3) is 5.65 Å². The molecular weight excluding hydrogens is 446 g/mol. The Balaban J connectivity index is 1.85. The molecule has 3 rings (SSSR count). The van der Waals surface area contributed by atoms with Gasteiger partial charge in [-0.3, -0.25) is 5.32 Å². The van der Waals surface area contributed by atoms with Crippen LogP contribution < -0.4 is 15.5 Å². The topological polar surface area (TPSA) is 122 Å². The highest BCUT2D eigenvalue weighted by Crippen LogP contribution is 2.28. The molecule has 3 heterocycles. The Labute approximate surface area is 197 Å². The summed E-state index contributed by atoms with van der Waals surface area (Å²) < 4.78 is 12.2. The Morgan fingerprint density at radius 3 is 2.48 bits per heavy atom. The number of carbonyl (C=O) groups is 2. The van der Waals surface area contributed by atoms with Gasteiger partial charge in [-0.15, -0.1) is 0 Å². The van der Waals surface area contributed by atoms with Crippen molar-refractivity contribution in [2.24, 2.45) is 4.99 Å². The van der Waals surface area contributed by atoms with Crippen LogP contribution in [-0.2, 0) is 9.47 Å². The highest BCUT2D eigenvalue weighted by atomic mass is 32.1. The lowest BCUT2D eigenvalue weighted by molar-refractivity contribution is 0.0508. The molecule has 1 aliphatic heterocycles. The molecule has 2 aromatic heterocycles. The van der Waals surface area contributed by atoms with Crippen molar-refractivity contribution in [2.45, 2.75) is 65.2 Å². The van der Waals surface area contributed by atoms with Crippen LogP contribution in [0.3, 0.4) is 0 Å². The van der Waals surface area contributed by atoms with E-state index in [1.807, 2.05) is 25.7 Å². The largest absolute Gasteiger partial charge is 0.444 e. The molecule has 2 aromatic rings. The summed E-state index contributed by atoms with van der Waals surface area (Å²) in [6.45, 7) is 12.0. The van der Waals surface area contributed by atoms with Crippen LogP contribution in [0.2, 0.25) is 0 Å². The van der Waals surface area contributed by atoms with E-state index in [1.54, 1.807) is 26.8 Å². The van der Waals surface area contributed by atoms with E-state index < -0.39 is 23.4 Å². The molecular formula is C21H29N7O4S. The standard InChI is InChI=1S/C21H29N7O4S/c1-20(2,3)31-18(29)24-13-7-8-27(11-13)15-9-16(26-19(30)32-21(4,5)6)28-17(25-15)14(10-23-28)22-12-33/h9-10,13H,7-8,11H2,1-6H3,(H,24,29)(H,26,30)/t13-/m0/s1. The normalized spacial score (nSPS) is 16.3. The number of aromatic nitrogens is 3. The predicted molar refractivity (Wildman–Crippen MR) is 128 cm³/mol. The van der Waals surface area contributed by atoms with Crippen LogP contribution in [0, 0.1) is 0 Å². The van der Waals surface area contributed by atoms with Gasteiger partial charge in [0.1, 0.15) is 28.5 Å².